The van der Waals surface area contributed by atoms with Gasteiger partial charge >= 0.3 is 12.0 Å². The maximum atomic E-state index is 12.1. The molecule has 0 fully saturated rings. The largest absolute Gasteiger partial charge is 0.478 e. The van der Waals surface area contributed by atoms with Gasteiger partial charge in [-0.1, -0.05) is 42.5 Å². The van der Waals surface area contributed by atoms with E-state index >= 15 is 0 Å². The highest BCUT2D eigenvalue weighted by atomic mass is 16.4. The van der Waals surface area contributed by atoms with Crippen molar-refractivity contribution in [2.24, 2.45) is 0 Å². The van der Waals surface area contributed by atoms with Gasteiger partial charge in [-0.15, -0.1) is 0 Å². The number of carboxylic acids is 1. The molecule has 5 heteroatoms. The summed E-state index contributed by atoms with van der Waals surface area (Å²) in [5.74, 6) is -0.953. The fourth-order valence-corrected chi connectivity index (χ4v) is 2.50. The standard InChI is InChI=1S/C20H24N2O3/c1-22(14-6-5-9-16-7-3-2-4-8-16)20(25)21-15-17-10-12-18(13-11-17)19(23)24/h2-4,7-8,10-13H,5-6,9,14-15H2,1H3,(H,21,25)(H,23,24). The van der Waals surface area contributed by atoms with Crippen LogP contribution >= 0.6 is 0 Å². The molecule has 0 aliphatic carbocycles. The molecule has 0 unspecified atom stereocenters. The van der Waals surface area contributed by atoms with Crippen molar-refractivity contribution in [1.29, 1.82) is 0 Å². The van der Waals surface area contributed by atoms with Crippen molar-refractivity contribution in [2.45, 2.75) is 25.8 Å². The number of benzene rings is 2. The molecule has 0 aromatic heterocycles. The zero-order chi connectivity index (χ0) is 18.1. The number of carbonyl (C=O) groups is 2. The Bertz CT molecular complexity index is 684. The van der Waals surface area contributed by atoms with E-state index in [1.54, 1.807) is 24.1 Å². The predicted octanol–water partition coefficient (Wildman–Crippen LogP) is 3.55. The lowest BCUT2D eigenvalue weighted by Crippen LogP contribution is -2.37. The molecule has 0 heterocycles. The number of aryl methyl sites for hydroxylation is 1. The molecule has 5 nitrogen and oxygen atoms in total. The molecule has 2 aromatic carbocycles. The number of nitrogens with one attached hydrogen (secondary N) is 1. The molecule has 0 radical (unpaired) electrons. The lowest BCUT2D eigenvalue weighted by atomic mass is 10.1. The average Bonchev–Trinajstić information content (AvgIpc) is 2.64. The summed E-state index contributed by atoms with van der Waals surface area (Å²) in [5.41, 5.74) is 2.43. The molecule has 2 N–H and O–H groups in total. The van der Waals surface area contributed by atoms with Crippen LogP contribution in [0.25, 0.3) is 0 Å². The number of unbranched alkanes of at least 4 members (excludes halogenated alkanes) is 1. The molecule has 0 saturated carbocycles. The number of aromatic carboxylic acids is 1. The van der Waals surface area contributed by atoms with Gasteiger partial charge in [-0.05, 0) is 42.5 Å². The van der Waals surface area contributed by atoms with E-state index in [9.17, 15) is 9.59 Å². The molecule has 25 heavy (non-hydrogen) atoms. The number of rotatable bonds is 8. The Hall–Kier alpha value is -2.82. The van der Waals surface area contributed by atoms with Gasteiger partial charge in [-0.2, -0.15) is 0 Å². The maximum absolute atomic E-state index is 12.1. The molecule has 2 aromatic rings. The Labute approximate surface area is 148 Å². The highest BCUT2D eigenvalue weighted by molar-refractivity contribution is 5.87. The number of hydrogen-bond acceptors (Lipinski definition) is 2. The second-order valence-electron chi connectivity index (χ2n) is 6.03. The molecule has 0 saturated heterocycles. The molecular formula is C20H24N2O3. The zero-order valence-corrected chi connectivity index (χ0v) is 14.4. The third kappa shape index (κ3) is 6.30. The molecule has 0 bridgehead atoms. The van der Waals surface area contributed by atoms with Crippen LogP contribution in [0.1, 0.15) is 34.3 Å². The highest BCUT2D eigenvalue weighted by Gasteiger charge is 2.08. The summed E-state index contributed by atoms with van der Waals surface area (Å²) in [7, 11) is 1.78. The fraction of sp³-hybridized carbons (Fsp3) is 0.300. The topological polar surface area (TPSA) is 69.6 Å². The van der Waals surface area contributed by atoms with Crippen molar-refractivity contribution < 1.29 is 14.7 Å². The maximum Gasteiger partial charge on any atom is 0.335 e. The molecular weight excluding hydrogens is 316 g/mol. The minimum Gasteiger partial charge on any atom is -0.478 e. The average molecular weight is 340 g/mol. The lowest BCUT2D eigenvalue weighted by molar-refractivity contribution is 0.0697. The SMILES string of the molecule is CN(CCCCc1ccccc1)C(=O)NCc1ccc(C(=O)O)cc1. The van der Waals surface area contributed by atoms with Crippen LogP contribution in [-0.2, 0) is 13.0 Å². The highest BCUT2D eigenvalue weighted by Crippen LogP contribution is 2.06. The normalized spacial score (nSPS) is 10.3. The van der Waals surface area contributed by atoms with Gasteiger partial charge in [0.2, 0.25) is 0 Å². The molecule has 0 aliphatic rings. The molecule has 2 rings (SSSR count). The first-order valence-corrected chi connectivity index (χ1v) is 8.41. The van der Waals surface area contributed by atoms with Crippen LogP contribution in [0.4, 0.5) is 4.79 Å². The summed E-state index contributed by atoms with van der Waals surface area (Å²) in [6.07, 6.45) is 3.01. The van der Waals surface area contributed by atoms with Gasteiger partial charge in [0.1, 0.15) is 0 Å². The Balaban J connectivity index is 1.66. The number of hydrogen-bond donors (Lipinski definition) is 2. The van der Waals surface area contributed by atoms with E-state index in [2.05, 4.69) is 17.4 Å². The van der Waals surface area contributed by atoms with Crippen LogP contribution in [0.15, 0.2) is 54.6 Å². The van der Waals surface area contributed by atoms with Crippen molar-refractivity contribution >= 4 is 12.0 Å². The molecule has 0 atom stereocenters. The smallest absolute Gasteiger partial charge is 0.335 e. The van der Waals surface area contributed by atoms with E-state index < -0.39 is 5.97 Å². The van der Waals surface area contributed by atoms with Crippen LogP contribution in [0.2, 0.25) is 0 Å². The summed E-state index contributed by atoms with van der Waals surface area (Å²) >= 11 is 0. The van der Waals surface area contributed by atoms with Crippen LogP contribution in [0.3, 0.4) is 0 Å². The third-order valence-electron chi connectivity index (χ3n) is 4.04. The van der Waals surface area contributed by atoms with E-state index in [1.807, 2.05) is 18.2 Å². The monoisotopic (exact) mass is 340 g/mol. The van der Waals surface area contributed by atoms with E-state index in [0.29, 0.717) is 13.1 Å². The number of amides is 2. The summed E-state index contributed by atoms with van der Waals surface area (Å²) in [6, 6.07) is 16.7. The lowest BCUT2D eigenvalue weighted by Gasteiger charge is -2.18. The number of carboxylic acid groups (broad SMARTS) is 1. The summed E-state index contributed by atoms with van der Waals surface area (Å²) < 4.78 is 0. The van der Waals surface area contributed by atoms with Gasteiger partial charge < -0.3 is 15.3 Å². The van der Waals surface area contributed by atoms with Gasteiger partial charge in [0.05, 0.1) is 5.56 Å². The van der Waals surface area contributed by atoms with Crippen LogP contribution in [-0.4, -0.2) is 35.6 Å². The Morgan fingerprint density at radius 3 is 2.28 bits per heavy atom. The Morgan fingerprint density at radius 1 is 0.960 bits per heavy atom. The second kappa shape index (κ2) is 9.47. The van der Waals surface area contributed by atoms with E-state index in [1.165, 1.54) is 17.7 Å². The van der Waals surface area contributed by atoms with Gasteiger partial charge in [-0.25, -0.2) is 9.59 Å². The number of urea groups is 1. The predicted molar refractivity (Wildman–Crippen MR) is 97.6 cm³/mol. The first kappa shape index (κ1) is 18.5. The zero-order valence-electron chi connectivity index (χ0n) is 14.4. The molecule has 132 valence electrons. The quantitative estimate of drug-likeness (QED) is 0.722. The number of nitrogens with zero attached hydrogens (tertiary/aromatic N) is 1. The van der Waals surface area contributed by atoms with Gasteiger partial charge in [-0.3, -0.25) is 0 Å². The van der Waals surface area contributed by atoms with Gasteiger partial charge in [0.25, 0.3) is 0 Å². The minimum absolute atomic E-state index is 0.123. The van der Waals surface area contributed by atoms with Crippen molar-refractivity contribution in [3.63, 3.8) is 0 Å². The molecule has 0 spiro atoms. The van der Waals surface area contributed by atoms with Crippen molar-refractivity contribution in [1.82, 2.24) is 10.2 Å². The van der Waals surface area contributed by atoms with Crippen LogP contribution < -0.4 is 5.32 Å². The van der Waals surface area contributed by atoms with E-state index in [0.717, 1.165) is 24.8 Å². The van der Waals surface area contributed by atoms with Crippen LogP contribution in [0, 0.1) is 0 Å². The number of carbonyl (C=O) groups excluding carboxylic acids is 1. The van der Waals surface area contributed by atoms with Crippen molar-refractivity contribution in [2.75, 3.05) is 13.6 Å². The second-order valence-corrected chi connectivity index (χ2v) is 6.03. The van der Waals surface area contributed by atoms with Crippen LogP contribution in [0.5, 0.6) is 0 Å². The summed E-state index contributed by atoms with van der Waals surface area (Å²) in [6.45, 7) is 1.09. The van der Waals surface area contributed by atoms with E-state index in [-0.39, 0.29) is 11.6 Å². The van der Waals surface area contributed by atoms with Gasteiger partial charge in [0.15, 0.2) is 0 Å². The molecule has 2 amide bonds. The van der Waals surface area contributed by atoms with Crippen molar-refractivity contribution in [3.05, 3.63) is 71.3 Å². The van der Waals surface area contributed by atoms with E-state index in [4.69, 9.17) is 5.11 Å². The third-order valence-corrected chi connectivity index (χ3v) is 4.04. The molecule has 0 aliphatic heterocycles. The minimum atomic E-state index is -0.953. The fourth-order valence-electron chi connectivity index (χ4n) is 2.50. The summed E-state index contributed by atoms with van der Waals surface area (Å²) in [4.78, 5) is 24.6. The summed E-state index contributed by atoms with van der Waals surface area (Å²) in [5, 5.41) is 11.7. The van der Waals surface area contributed by atoms with Crippen molar-refractivity contribution in [3.8, 4) is 0 Å². The first-order valence-electron chi connectivity index (χ1n) is 8.41. The Morgan fingerprint density at radius 2 is 1.64 bits per heavy atom. The van der Waals surface area contributed by atoms with Gasteiger partial charge in [0, 0.05) is 20.1 Å². The first-order chi connectivity index (χ1) is 12.1. The Kier molecular flexibility index (Phi) is 7.01.